The number of hydrogen-bond acceptors (Lipinski definition) is 5. The van der Waals surface area contributed by atoms with E-state index >= 15 is 0 Å². The lowest BCUT2D eigenvalue weighted by Gasteiger charge is -2.02. The maximum absolute atomic E-state index is 11.3. The number of fused-ring (bicyclic) bond motifs is 1. The lowest BCUT2D eigenvalue weighted by Crippen LogP contribution is -1.97. The van der Waals surface area contributed by atoms with Gasteiger partial charge in [0.15, 0.2) is 4.96 Å². The van der Waals surface area contributed by atoms with Crippen molar-refractivity contribution in [2.75, 3.05) is 0 Å². The smallest absolute Gasteiger partial charge is 0.348 e. The van der Waals surface area contributed by atoms with Crippen LogP contribution in [-0.4, -0.2) is 25.4 Å². The average Bonchev–Trinajstić information content (AvgIpc) is 2.98. The minimum atomic E-state index is -1.05. The molecule has 0 aliphatic heterocycles. The van der Waals surface area contributed by atoms with Crippen LogP contribution in [0.2, 0.25) is 0 Å². The molecular formula is C12H7N3O4S. The second kappa shape index (κ2) is 4.42. The van der Waals surface area contributed by atoms with Crippen molar-refractivity contribution < 1.29 is 14.8 Å². The van der Waals surface area contributed by atoms with Crippen molar-refractivity contribution in [3.05, 3.63) is 51.7 Å². The Bertz CT molecular complexity index is 819. The highest BCUT2D eigenvalue weighted by Gasteiger charge is 2.20. The maximum atomic E-state index is 11.3. The van der Waals surface area contributed by atoms with Crippen LogP contribution in [0.25, 0.3) is 16.2 Å². The molecule has 100 valence electrons. The number of carboxylic acids is 1. The van der Waals surface area contributed by atoms with Crippen LogP contribution in [0.5, 0.6) is 0 Å². The Labute approximate surface area is 115 Å². The van der Waals surface area contributed by atoms with Crippen molar-refractivity contribution in [3.8, 4) is 11.3 Å². The fourth-order valence-electron chi connectivity index (χ4n) is 1.94. The van der Waals surface area contributed by atoms with Crippen molar-refractivity contribution in [1.82, 2.24) is 9.38 Å². The van der Waals surface area contributed by atoms with Crippen LogP contribution in [0.4, 0.5) is 5.69 Å². The standard InChI is InChI=1S/C12H7N3O4S/c16-11(17)10-9(14-6-5-13-12(14)20-10)7-1-3-8(4-2-7)15(18)19/h1-6H,(H,16,17). The Morgan fingerprint density at radius 1 is 1.35 bits per heavy atom. The summed E-state index contributed by atoms with van der Waals surface area (Å²) in [4.78, 5) is 26.2. The van der Waals surface area contributed by atoms with Crippen LogP contribution in [-0.2, 0) is 0 Å². The van der Waals surface area contributed by atoms with Crippen molar-refractivity contribution in [3.63, 3.8) is 0 Å². The molecule has 0 aliphatic rings. The molecule has 1 N–H and O–H groups in total. The summed E-state index contributed by atoms with van der Waals surface area (Å²) in [5.74, 6) is -1.05. The van der Waals surface area contributed by atoms with E-state index in [0.29, 0.717) is 16.2 Å². The van der Waals surface area contributed by atoms with E-state index < -0.39 is 10.9 Å². The van der Waals surface area contributed by atoms with E-state index in [-0.39, 0.29) is 10.6 Å². The fraction of sp³-hybridized carbons (Fsp3) is 0. The van der Waals surface area contributed by atoms with Gasteiger partial charge in [-0.25, -0.2) is 9.78 Å². The van der Waals surface area contributed by atoms with Crippen molar-refractivity contribution in [2.24, 2.45) is 0 Å². The summed E-state index contributed by atoms with van der Waals surface area (Å²) in [5, 5.41) is 19.9. The van der Waals surface area contributed by atoms with E-state index in [9.17, 15) is 20.0 Å². The van der Waals surface area contributed by atoms with Gasteiger partial charge in [-0.05, 0) is 12.1 Å². The Hall–Kier alpha value is -2.74. The van der Waals surface area contributed by atoms with Gasteiger partial charge in [0.25, 0.3) is 5.69 Å². The third-order valence-electron chi connectivity index (χ3n) is 2.80. The number of aromatic carboxylic acids is 1. The van der Waals surface area contributed by atoms with E-state index in [0.717, 1.165) is 11.3 Å². The first-order valence-corrected chi connectivity index (χ1v) is 6.33. The number of rotatable bonds is 3. The number of benzene rings is 1. The van der Waals surface area contributed by atoms with Gasteiger partial charge in [0.1, 0.15) is 4.88 Å². The number of aromatic nitrogens is 2. The number of non-ortho nitro benzene ring substituents is 1. The predicted molar refractivity (Wildman–Crippen MR) is 72.1 cm³/mol. The van der Waals surface area contributed by atoms with Crippen molar-refractivity contribution in [2.45, 2.75) is 0 Å². The second-order valence-corrected chi connectivity index (χ2v) is 4.95. The van der Waals surface area contributed by atoms with E-state index in [1.165, 1.54) is 24.3 Å². The summed E-state index contributed by atoms with van der Waals surface area (Å²) in [7, 11) is 0. The van der Waals surface area contributed by atoms with Crippen molar-refractivity contribution in [1.29, 1.82) is 0 Å². The highest BCUT2D eigenvalue weighted by molar-refractivity contribution is 7.19. The van der Waals surface area contributed by atoms with E-state index in [4.69, 9.17) is 0 Å². The molecule has 0 fully saturated rings. The van der Waals surface area contributed by atoms with Gasteiger partial charge in [-0.15, -0.1) is 0 Å². The van der Waals surface area contributed by atoms with E-state index in [1.807, 2.05) is 0 Å². The van der Waals surface area contributed by atoms with Crippen LogP contribution < -0.4 is 0 Å². The summed E-state index contributed by atoms with van der Waals surface area (Å²) < 4.78 is 1.66. The molecule has 0 unspecified atom stereocenters. The normalized spacial score (nSPS) is 10.8. The Kier molecular flexibility index (Phi) is 2.72. The summed E-state index contributed by atoms with van der Waals surface area (Å²) in [6.45, 7) is 0. The molecular weight excluding hydrogens is 282 g/mol. The number of hydrogen-bond donors (Lipinski definition) is 1. The number of nitro benzene ring substituents is 1. The van der Waals surface area contributed by atoms with Crippen molar-refractivity contribution >= 4 is 28.0 Å². The molecule has 0 aliphatic carbocycles. The van der Waals surface area contributed by atoms with Crippen LogP contribution in [0, 0.1) is 10.1 Å². The third-order valence-corrected chi connectivity index (χ3v) is 3.86. The molecule has 8 heteroatoms. The Morgan fingerprint density at radius 2 is 2.05 bits per heavy atom. The molecule has 1 aromatic carbocycles. The van der Waals surface area contributed by atoms with Crippen LogP contribution >= 0.6 is 11.3 Å². The first kappa shape index (κ1) is 12.3. The number of imidazole rings is 1. The molecule has 7 nitrogen and oxygen atoms in total. The average molecular weight is 289 g/mol. The maximum Gasteiger partial charge on any atom is 0.348 e. The molecule has 0 atom stereocenters. The predicted octanol–water partition coefficient (Wildman–Crippen LogP) is 2.67. The first-order chi connectivity index (χ1) is 9.58. The largest absolute Gasteiger partial charge is 0.477 e. The molecule has 20 heavy (non-hydrogen) atoms. The molecule has 0 radical (unpaired) electrons. The van der Waals surface area contributed by atoms with Gasteiger partial charge in [-0.2, -0.15) is 0 Å². The number of carboxylic acid groups (broad SMARTS) is 1. The molecule has 2 aromatic heterocycles. The lowest BCUT2D eigenvalue weighted by molar-refractivity contribution is -0.384. The molecule has 0 bridgehead atoms. The molecule has 0 saturated heterocycles. The van der Waals surface area contributed by atoms with Gasteiger partial charge >= 0.3 is 5.97 Å². The molecule has 0 saturated carbocycles. The van der Waals surface area contributed by atoms with Crippen LogP contribution in [0.3, 0.4) is 0 Å². The summed E-state index contributed by atoms with van der Waals surface area (Å²) in [6.07, 6.45) is 3.24. The van der Waals surface area contributed by atoms with Gasteiger partial charge in [0, 0.05) is 30.1 Å². The second-order valence-electron chi connectivity index (χ2n) is 3.97. The van der Waals surface area contributed by atoms with Gasteiger partial charge in [0.2, 0.25) is 0 Å². The minimum absolute atomic E-state index is 0.0391. The van der Waals surface area contributed by atoms with Crippen LogP contribution in [0.1, 0.15) is 9.67 Å². The molecule has 2 heterocycles. The zero-order valence-electron chi connectivity index (χ0n) is 9.89. The number of thiazole rings is 1. The number of carbonyl (C=O) groups is 1. The summed E-state index contributed by atoms with van der Waals surface area (Å²) >= 11 is 1.06. The number of nitrogens with zero attached hydrogens (tertiary/aromatic N) is 3. The zero-order chi connectivity index (χ0) is 14.3. The minimum Gasteiger partial charge on any atom is -0.477 e. The lowest BCUT2D eigenvalue weighted by atomic mass is 10.1. The zero-order valence-corrected chi connectivity index (χ0v) is 10.7. The van der Waals surface area contributed by atoms with Gasteiger partial charge in [-0.3, -0.25) is 14.5 Å². The molecule has 0 amide bonds. The van der Waals surface area contributed by atoms with Gasteiger partial charge in [-0.1, -0.05) is 11.3 Å². The van der Waals surface area contributed by atoms with E-state index in [2.05, 4.69) is 4.98 Å². The van der Waals surface area contributed by atoms with Gasteiger partial charge in [0.05, 0.1) is 10.6 Å². The Balaban J connectivity index is 2.21. The third kappa shape index (κ3) is 1.82. The van der Waals surface area contributed by atoms with Gasteiger partial charge < -0.3 is 5.11 Å². The molecule has 3 rings (SSSR count). The first-order valence-electron chi connectivity index (χ1n) is 5.52. The fourth-order valence-corrected chi connectivity index (χ4v) is 2.89. The number of nitro groups is 1. The highest BCUT2D eigenvalue weighted by atomic mass is 32.1. The Morgan fingerprint density at radius 3 is 2.65 bits per heavy atom. The summed E-state index contributed by atoms with van der Waals surface area (Å²) in [6, 6.07) is 5.76. The SMILES string of the molecule is O=C(O)c1sc2nccn2c1-c1ccc([N+](=O)[O-])cc1. The van der Waals surface area contributed by atoms with E-state index in [1.54, 1.807) is 16.8 Å². The molecule has 0 spiro atoms. The summed E-state index contributed by atoms with van der Waals surface area (Å²) in [5.41, 5.74) is 1.03. The van der Waals surface area contributed by atoms with Crippen LogP contribution in [0.15, 0.2) is 36.7 Å². The highest BCUT2D eigenvalue weighted by Crippen LogP contribution is 2.32. The monoisotopic (exact) mass is 289 g/mol. The quantitative estimate of drug-likeness (QED) is 0.590. The molecule has 3 aromatic rings. The topological polar surface area (TPSA) is 97.7 Å².